The zero-order valence-electron chi connectivity index (χ0n) is 14.9. The van der Waals surface area contributed by atoms with Gasteiger partial charge in [-0.2, -0.15) is 0 Å². The van der Waals surface area contributed by atoms with E-state index in [-0.39, 0.29) is 16.9 Å². The minimum atomic E-state index is -1.16. The molecule has 0 amide bonds. The van der Waals surface area contributed by atoms with Crippen LogP contribution < -0.4 is 0 Å². The zero-order chi connectivity index (χ0) is 20.3. The second-order valence-corrected chi connectivity index (χ2v) is 6.16. The van der Waals surface area contributed by atoms with Crippen molar-refractivity contribution in [1.82, 2.24) is 0 Å². The summed E-state index contributed by atoms with van der Waals surface area (Å²) in [7, 11) is 0. The van der Waals surface area contributed by atoms with Crippen LogP contribution in [-0.2, 0) is 4.74 Å². The lowest BCUT2D eigenvalue weighted by molar-refractivity contribution is 0.0318. The van der Waals surface area contributed by atoms with Gasteiger partial charge in [0.15, 0.2) is 17.7 Å². The van der Waals surface area contributed by atoms with E-state index in [9.17, 15) is 23.5 Å². The average molecular weight is 382 g/mol. The summed E-state index contributed by atoms with van der Waals surface area (Å²) in [5.74, 6) is -3.39. The molecule has 0 radical (unpaired) electrons. The van der Waals surface area contributed by atoms with Gasteiger partial charge in [0, 0.05) is 5.56 Å². The summed E-state index contributed by atoms with van der Waals surface area (Å²) in [6.07, 6.45) is -1.16. The van der Waals surface area contributed by atoms with Crippen LogP contribution in [0.15, 0.2) is 66.7 Å². The molecule has 0 fully saturated rings. The zero-order valence-corrected chi connectivity index (χ0v) is 14.9. The molecular formula is C22H16F2O4. The number of carbonyl (C=O) groups excluding carboxylic acids is 2. The quantitative estimate of drug-likeness (QED) is 0.510. The first-order chi connectivity index (χ1) is 13.3. The number of carbonyl (C=O) groups is 2. The van der Waals surface area contributed by atoms with E-state index in [0.717, 1.165) is 29.3 Å². The van der Waals surface area contributed by atoms with Crippen molar-refractivity contribution in [2.45, 2.75) is 13.0 Å². The number of ether oxygens (including phenoxy) is 1. The van der Waals surface area contributed by atoms with Crippen LogP contribution in [0.1, 0.15) is 27.6 Å². The number of phenols is 1. The lowest BCUT2D eigenvalue weighted by atomic mass is 10.0. The number of benzene rings is 3. The molecule has 3 rings (SSSR count). The van der Waals surface area contributed by atoms with E-state index in [0.29, 0.717) is 0 Å². The number of phenolic OH excluding ortho intramolecular Hbond substituents is 1. The summed E-state index contributed by atoms with van der Waals surface area (Å²) in [4.78, 5) is 24.5. The smallest absolute Gasteiger partial charge is 0.338 e. The first kappa shape index (κ1) is 19.2. The Balaban J connectivity index is 1.69. The predicted molar refractivity (Wildman–Crippen MR) is 99.1 cm³/mol. The number of ketones is 1. The topological polar surface area (TPSA) is 63.6 Å². The maximum atomic E-state index is 13.3. The number of hydrogen-bond acceptors (Lipinski definition) is 4. The Hall–Kier alpha value is -3.54. The van der Waals surface area contributed by atoms with Crippen LogP contribution >= 0.6 is 0 Å². The molecule has 28 heavy (non-hydrogen) atoms. The number of esters is 1. The SMILES string of the molecule is C[C@@H](OC(=O)c1ccc(-c2ccc(O)cc2)cc1)C(=O)c1ccc(F)c(F)c1. The molecule has 3 aromatic rings. The second kappa shape index (κ2) is 8.00. The van der Waals surface area contributed by atoms with Gasteiger partial charge in [0.2, 0.25) is 5.78 Å². The molecule has 0 aliphatic heterocycles. The third kappa shape index (κ3) is 4.23. The number of hydrogen-bond donors (Lipinski definition) is 1. The maximum absolute atomic E-state index is 13.3. The summed E-state index contributed by atoms with van der Waals surface area (Å²) in [5.41, 5.74) is 1.86. The third-order valence-corrected chi connectivity index (χ3v) is 4.18. The van der Waals surface area contributed by atoms with Gasteiger partial charge in [0.05, 0.1) is 5.56 Å². The summed E-state index contributed by atoms with van der Waals surface area (Å²) in [6.45, 7) is 1.37. The molecule has 0 spiro atoms. The lowest BCUT2D eigenvalue weighted by Gasteiger charge is -2.13. The van der Waals surface area contributed by atoms with Crippen molar-refractivity contribution in [2.75, 3.05) is 0 Å². The normalized spacial score (nSPS) is 11.7. The van der Waals surface area contributed by atoms with E-state index in [1.807, 2.05) is 0 Å². The molecule has 3 aromatic carbocycles. The average Bonchev–Trinajstić information content (AvgIpc) is 2.70. The highest BCUT2D eigenvalue weighted by Crippen LogP contribution is 2.22. The van der Waals surface area contributed by atoms with Crippen LogP contribution in [-0.4, -0.2) is 23.0 Å². The molecular weight excluding hydrogens is 366 g/mol. The fourth-order valence-corrected chi connectivity index (χ4v) is 2.62. The highest BCUT2D eigenvalue weighted by molar-refractivity contribution is 6.01. The van der Waals surface area contributed by atoms with Gasteiger partial charge in [-0.1, -0.05) is 24.3 Å². The summed E-state index contributed by atoms with van der Waals surface area (Å²) < 4.78 is 31.4. The molecule has 0 saturated heterocycles. The van der Waals surface area contributed by atoms with E-state index in [4.69, 9.17) is 4.74 Å². The molecule has 1 N–H and O–H groups in total. The Morgan fingerprint density at radius 2 is 1.36 bits per heavy atom. The molecule has 0 saturated carbocycles. The Bertz CT molecular complexity index is 1010. The monoisotopic (exact) mass is 382 g/mol. The molecule has 1 atom stereocenters. The highest BCUT2D eigenvalue weighted by atomic mass is 19.2. The fraction of sp³-hybridized carbons (Fsp3) is 0.0909. The number of rotatable bonds is 5. The van der Waals surface area contributed by atoms with Crippen LogP contribution in [0.2, 0.25) is 0 Å². The second-order valence-electron chi connectivity index (χ2n) is 6.16. The molecule has 0 heterocycles. The molecule has 0 aromatic heterocycles. The van der Waals surface area contributed by atoms with Crippen molar-refractivity contribution < 1.29 is 28.2 Å². The van der Waals surface area contributed by atoms with Crippen LogP contribution in [0.5, 0.6) is 5.75 Å². The van der Waals surface area contributed by atoms with Crippen LogP contribution in [0.25, 0.3) is 11.1 Å². The van der Waals surface area contributed by atoms with Crippen molar-refractivity contribution in [3.63, 3.8) is 0 Å². The van der Waals surface area contributed by atoms with Crippen LogP contribution in [0.3, 0.4) is 0 Å². The Kier molecular flexibility index (Phi) is 5.49. The van der Waals surface area contributed by atoms with Crippen LogP contribution in [0.4, 0.5) is 8.78 Å². The van der Waals surface area contributed by atoms with Gasteiger partial charge < -0.3 is 9.84 Å². The van der Waals surface area contributed by atoms with E-state index in [1.54, 1.807) is 48.5 Å². The first-order valence-corrected chi connectivity index (χ1v) is 8.45. The van der Waals surface area contributed by atoms with Crippen LogP contribution in [0, 0.1) is 11.6 Å². The molecule has 0 aliphatic carbocycles. The van der Waals surface area contributed by atoms with Gasteiger partial charge in [0.1, 0.15) is 5.75 Å². The van der Waals surface area contributed by atoms with Crippen molar-refractivity contribution in [1.29, 1.82) is 0 Å². The largest absolute Gasteiger partial charge is 0.508 e. The van der Waals surface area contributed by atoms with Crippen molar-refractivity contribution in [3.8, 4) is 16.9 Å². The molecule has 142 valence electrons. The summed E-state index contributed by atoms with van der Waals surface area (Å²) in [6, 6.07) is 15.9. The van der Waals surface area contributed by atoms with E-state index < -0.39 is 29.5 Å². The predicted octanol–water partition coefficient (Wildman–Crippen LogP) is 4.77. The van der Waals surface area contributed by atoms with Gasteiger partial charge in [0.25, 0.3) is 0 Å². The van der Waals surface area contributed by atoms with E-state index >= 15 is 0 Å². The fourth-order valence-electron chi connectivity index (χ4n) is 2.62. The Labute approximate surface area is 160 Å². The van der Waals surface area contributed by atoms with Gasteiger partial charge in [-0.15, -0.1) is 0 Å². The van der Waals surface area contributed by atoms with E-state index in [1.165, 1.54) is 6.92 Å². The summed E-state index contributed by atoms with van der Waals surface area (Å²) in [5, 5.41) is 9.33. The van der Waals surface area contributed by atoms with Crippen molar-refractivity contribution >= 4 is 11.8 Å². The van der Waals surface area contributed by atoms with Crippen molar-refractivity contribution in [2.24, 2.45) is 0 Å². The molecule has 0 aliphatic rings. The summed E-state index contributed by atoms with van der Waals surface area (Å²) >= 11 is 0. The Morgan fingerprint density at radius 3 is 1.93 bits per heavy atom. The van der Waals surface area contributed by atoms with Gasteiger partial charge in [-0.05, 0) is 60.5 Å². The van der Waals surface area contributed by atoms with Gasteiger partial charge in [-0.25, -0.2) is 13.6 Å². The Morgan fingerprint density at radius 1 is 0.821 bits per heavy atom. The maximum Gasteiger partial charge on any atom is 0.338 e. The number of halogens is 2. The number of Topliss-reactive ketones (excluding diaryl/α,β-unsaturated/α-hetero) is 1. The van der Waals surface area contributed by atoms with Gasteiger partial charge in [-0.3, -0.25) is 4.79 Å². The minimum Gasteiger partial charge on any atom is -0.508 e. The minimum absolute atomic E-state index is 0.0816. The lowest BCUT2D eigenvalue weighted by Crippen LogP contribution is -2.24. The molecule has 6 heteroatoms. The van der Waals surface area contributed by atoms with E-state index in [2.05, 4.69) is 0 Å². The molecule has 4 nitrogen and oxygen atoms in total. The number of aromatic hydroxyl groups is 1. The molecule has 0 unspecified atom stereocenters. The highest BCUT2D eigenvalue weighted by Gasteiger charge is 2.21. The van der Waals surface area contributed by atoms with Crippen molar-refractivity contribution in [3.05, 3.63) is 89.5 Å². The molecule has 0 bridgehead atoms. The van der Waals surface area contributed by atoms with Gasteiger partial charge >= 0.3 is 5.97 Å². The standard InChI is InChI=1S/C22H16F2O4/c1-13(21(26)17-8-11-19(23)20(24)12-17)28-22(27)16-4-2-14(3-5-16)15-6-9-18(25)10-7-15/h2-13,25H,1H3/t13-/m1/s1. The first-order valence-electron chi connectivity index (χ1n) is 8.45. The third-order valence-electron chi connectivity index (χ3n) is 4.18.